The van der Waals surface area contributed by atoms with Gasteiger partial charge in [-0.05, 0) is 36.2 Å². The predicted octanol–water partition coefficient (Wildman–Crippen LogP) is 3.77. The van der Waals surface area contributed by atoms with Crippen molar-refractivity contribution in [1.82, 2.24) is 0 Å². The second-order valence-electron chi connectivity index (χ2n) is 5.23. The lowest BCUT2D eigenvalue weighted by Gasteiger charge is -2.36. The van der Waals surface area contributed by atoms with Crippen LogP contribution in [0, 0.1) is 0 Å². The largest absolute Gasteiger partial charge is 0.508 e. The van der Waals surface area contributed by atoms with Crippen molar-refractivity contribution in [3.05, 3.63) is 29.8 Å². The third-order valence-corrected chi connectivity index (χ3v) is 11.1. The summed E-state index contributed by atoms with van der Waals surface area (Å²) in [6.45, 7) is 7.79. The second-order valence-corrected chi connectivity index (χ2v) is 10.9. The number of aromatic hydroxyl groups is 1. The highest BCUT2D eigenvalue weighted by Crippen LogP contribution is 2.35. The predicted molar refractivity (Wildman–Crippen MR) is 81.8 cm³/mol. The smallest absolute Gasteiger partial charge is 0.115 e. The zero-order valence-electron chi connectivity index (χ0n) is 11.9. The van der Waals surface area contributed by atoms with Crippen LogP contribution in [0.2, 0.25) is 23.7 Å². The van der Waals surface area contributed by atoms with Crippen molar-refractivity contribution >= 4 is 8.07 Å². The van der Waals surface area contributed by atoms with Crippen molar-refractivity contribution in [3.63, 3.8) is 0 Å². The lowest BCUT2D eigenvalue weighted by atomic mass is 10.1. The van der Waals surface area contributed by atoms with Gasteiger partial charge in [0, 0.05) is 0 Å². The number of hydrogen-bond donors (Lipinski definition) is 2. The quantitative estimate of drug-likeness (QED) is 0.737. The Morgan fingerprint density at radius 1 is 1.06 bits per heavy atom. The zero-order valence-corrected chi connectivity index (χ0v) is 12.9. The molecule has 0 fully saturated rings. The number of benzene rings is 1. The molecular formula is C15H27NOSi. The molecule has 0 bridgehead atoms. The van der Waals surface area contributed by atoms with E-state index in [-0.39, 0.29) is 0 Å². The van der Waals surface area contributed by atoms with Crippen LogP contribution in [0.1, 0.15) is 26.3 Å². The van der Waals surface area contributed by atoms with Gasteiger partial charge in [0.2, 0.25) is 0 Å². The van der Waals surface area contributed by atoms with E-state index in [1.807, 2.05) is 12.1 Å². The van der Waals surface area contributed by atoms with Crippen molar-refractivity contribution in [2.24, 2.45) is 5.73 Å². The molecule has 0 aliphatic heterocycles. The summed E-state index contributed by atoms with van der Waals surface area (Å²) in [4.78, 5) is 0. The highest BCUT2D eigenvalue weighted by molar-refractivity contribution is 6.81. The average molecular weight is 265 g/mol. The third kappa shape index (κ3) is 3.36. The van der Waals surface area contributed by atoms with Crippen molar-refractivity contribution < 1.29 is 5.11 Å². The molecule has 0 saturated heterocycles. The van der Waals surface area contributed by atoms with Gasteiger partial charge in [0.25, 0.3) is 0 Å². The molecule has 102 valence electrons. The van der Waals surface area contributed by atoms with Crippen LogP contribution in [0.15, 0.2) is 24.3 Å². The Morgan fingerprint density at radius 2 is 1.56 bits per heavy atom. The van der Waals surface area contributed by atoms with E-state index in [0.29, 0.717) is 11.3 Å². The summed E-state index contributed by atoms with van der Waals surface area (Å²) in [5.41, 5.74) is 8.00. The first kappa shape index (κ1) is 15.3. The second kappa shape index (κ2) is 6.95. The number of phenols is 1. The summed E-state index contributed by atoms with van der Waals surface area (Å²) in [7, 11) is -1.23. The molecule has 3 N–H and O–H groups in total. The minimum Gasteiger partial charge on any atom is -0.508 e. The van der Waals surface area contributed by atoms with Gasteiger partial charge in [-0.25, -0.2) is 0 Å². The van der Waals surface area contributed by atoms with Gasteiger partial charge in [-0.2, -0.15) is 0 Å². The Labute approximate surface area is 112 Å². The van der Waals surface area contributed by atoms with Gasteiger partial charge in [0.05, 0.1) is 8.07 Å². The molecule has 18 heavy (non-hydrogen) atoms. The van der Waals surface area contributed by atoms with E-state index in [9.17, 15) is 5.11 Å². The van der Waals surface area contributed by atoms with Crippen molar-refractivity contribution in [1.29, 1.82) is 0 Å². The maximum atomic E-state index is 9.33. The minimum absolute atomic E-state index is 0.341. The Hall–Kier alpha value is -0.803. The van der Waals surface area contributed by atoms with E-state index in [4.69, 9.17) is 5.73 Å². The van der Waals surface area contributed by atoms with Crippen molar-refractivity contribution in [2.45, 2.75) is 50.9 Å². The van der Waals surface area contributed by atoms with Crippen LogP contribution in [0.25, 0.3) is 0 Å². The van der Waals surface area contributed by atoms with Crippen molar-refractivity contribution in [2.75, 3.05) is 6.54 Å². The highest BCUT2D eigenvalue weighted by atomic mass is 28.3. The van der Waals surface area contributed by atoms with Crippen LogP contribution in [0.3, 0.4) is 0 Å². The van der Waals surface area contributed by atoms with Gasteiger partial charge in [-0.15, -0.1) is 0 Å². The molecule has 0 aliphatic carbocycles. The fraction of sp³-hybridized carbons (Fsp3) is 0.600. The van der Waals surface area contributed by atoms with Crippen LogP contribution in [0.4, 0.5) is 0 Å². The lowest BCUT2D eigenvalue weighted by Crippen LogP contribution is -2.42. The molecule has 0 aromatic heterocycles. The van der Waals surface area contributed by atoms with Gasteiger partial charge in [-0.3, -0.25) is 0 Å². The van der Waals surface area contributed by atoms with Gasteiger partial charge < -0.3 is 10.8 Å². The Morgan fingerprint density at radius 3 is 1.94 bits per heavy atom. The average Bonchev–Trinajstić information content (AvgIpc) is 2.42. The summed E-state index contributed by atoms with van der Waals surface area (Å²) in [5.74, 6) is 0.341. The fourth-order valence-corrected chi connectivity index (χ4v) is 7.48. The van der Waals surface area contributed by atoms with Crippen LogP contribution >= 0.6 is 0 Å². The molecule has 1 aromatic carbocycles. The summed E-state index contributed by atoms with van der Waals surface area (Å²) in [6, 6.07) is 11.6. The Bertz CT molecular complexity index is 338. The Kier molecular flexibility index (Phi) is 5.89. The van der Waals surface area contributed by atoms with E-state index in [1.165, 1.54) is 23.7 Å². The van der Waals surface area contributed by atoms with E-state index in [0.717, 1.165) is 13.0 Å². The molecule has 1 unspecified atom stereocenters. The first-order valence-corrected chi connectivity index (χ1v) is 9.79. The summed E-state index contributed by atoms with van der Waals surface area (Å²) < 4.78 is 0. The van der Waals surface area contributed by atoms with Gasteiger partial charge in [-0.1, -0.05) is 51.0 Å². The van der Waals surface area contributed by atoms with E-state index < -0.39 is 8.07 Å². The summed E-state index contributed by atoms with van der Waals surface area (Å²) >= 11 is 0. The maximum absolute atomic E-state index is 9.33. The standard InChI is InChI=1S/C15H27NOSi/c1-4-18(5-2,6-3)15(12-16)11-13-7-9-14(17)10-8-13/h7-10,15,17H,4-6,11-12,16H2,1-3H3. The van der Waals surface area contributed by atoms with Crippen LogP contribution in [-0.4, -0.2) is 19.7 Å². The molecular weight excluding hydrogens is 238 g/mol. The maximum Gasteiger partial charge on any atom is 0.115 e. The summed E-state index contributed by atoms with van der Waals surface area (Å²) in [6.07, 6.45) is 1.07. The minimum atomic E-state index is -1.23. The van der Waals surface area contributed by atoms with Gasteiger partial charge in [0.1, 0.15) is 5.75 Å². The molecule has 0 spiro atoms. The monoisotopic (exact) mass is 265 g/mol. The molecule has 0 amide bonds. The molecule has 0 heterocycles. The van der Waals surface area contributed by atoms with Gasteiger partial charge >= 0.3 is 0 Å². The molecule has 2 nitrogen and oxygen atoms in total. The fourth-order valence-electron chi connectivity index (χ4n) is 3.08. The Balaban J connectivity index is 2.86. The third-order valence-electron chi connectivity index (χ3n) is 4.68. The van der Waals surface area contributed by atoms with E-state index in [1.54, 1.807) is 12.1 Å². The van der Waals surface area contributed by atoms with Gasteiger partial charge in [0.15, 0.2) is 0 Å². The van der Waals surface area contributed by atoms with Crippen LogP contribution in [0.5, 0.6) is 5.75 Å². The van der Waals surface area contributed by atoms with Crippen LogP contribution in [-0.2, 0) is 6.42 Å². The van der Waals surface area contributed by atoms with E-state index in [2.05, 4.69) is 20.8 Å². The number of hydrogen-bond acceptors (Lipinski definition) is 2. The molecule has 1 aromatic rings. The topological polar surface area (TPSA) is 46.2 Å². The molecule has 0 saturated carbocycles. The number of rotatable bonds is 7. The normalized spacial score (nSPS) is 13.6. The first-order valence-electron chi connectivity index (χ1n) is 7.09. The molecule has 0 radical (unpaired) electrons. The van der Waals surface area contributed by atoms with Crippen LogP contribution < -0.4 is 5.73 Å². The summed E-state index contributed by atoms with van der Waals surface area (Å²) in [5, 5.41) is 9.33. The molecule has 1 rings (SSSR count). The lowest BCUT2D eigenvalue weighted by molar-refractivity contribution is 0.475. The van der Waals surface area contributed by atoms with Crippen molar-refractivity contribution in [3.8, 4) is 5.75 Å². The van der Waals surface area contributed by atoms with E-state index >= 15 is 0 Å². The molecule has 1 atom stereocenters. The number of nitrogens with two attached hydrogens (primary N) is 1. The molecule has 3 heteroatoms. The number of phenolic OH excluding ortho intramolecular Hbond substituents is 1. The molecule has 0 aliphatic rings. The zero-order chi connectivity index (χ0) is 13.6. The SMILES string of the molecule is CC[Si](CC)(CC)C(CN)Cc1ccc(O)cc1. The first-order chi connectivity index (χ1) is 8.61. The highest BCUT2D eigenvalue weighted by Gasteiger charge is 2.35.